The lowest BCUT2D eigenvalue weighted by Gasteiger charge is -2.33. The zero-order valence-electron chi connectivity index (χ0n) is 16.2. The van der Waals surface area contributed by atoms with E-state index in [0.29, 0.717) is 10.7 Å². The van der Waals surface area contributed by atoms with Gasteiger partial charge in [-0.15, -0.1) is 0 Å². The molecular formula is C23H21ClN3O2+. The van der Waals surface area contributed by atoms with Crippen LogP contribution in [0.15, 0.2) is 66.9 Å². The summed E-state index contributed by atoms with van der Waals surface area (Å²) in [5, 5.41) is 3.55. The summed E-state index contributed by atoms with van der Waals surface area (Å²) in [5.41, 5.74) is 3.83. The van der Waals surface area contributed by atoms with Gasteiger partial charge in [-0.05, 0) is 43.2 Å². The summed E-state index contributed by atoms with van der Waals surface area (Å²) in [6.07, 6.45) is 1.82. The molecule has 1 aliphatic heterocycles. The maximum absolute atomic E-state index is 13.5. The second-order valence-corrected chi connectivity index (χ2v) is 7.52. The zero-order chi connectivity index (χ0) is 20.5. The van der Waals surface area contributed by atoms with Gasteiger partial charge in [-0.25, -0.2) is 0 Å². The lowest BCUT2D eigenvalue weighted by molar-refractivity contribution is -0.695. The van der Waals surface area contributed by atoms with E-state index in [9.17, 15) is 9.59 Å². The molecular weight excluding hydrogens is 386 g/mol. The second-order valence-electron chi connectivity index (χ2n) is 7.11. The van der Waals surface area contributed by atoms with Gasteiger partial charge in [0, 0.05) is 28.5 Å². The van der Waals surface area contributed by atoms with Crippen molar-refractivity contribution in [3.8, 4) is 0 Å². The Morgan fingerprint density at radius 2 is 1.83 bits per heavy atom. The summed E-state index contributed by atoms with van der Waals surface area (Å²) < 4.78 is 1.82. The molecule has 146 valence electrons. The van der Waals surface area contributed by atoms with E-state index in [1.54, 1.807) is 17.0 Å². The molecule has 0 spiro atoms. The van der Waals surface area contributed by atoms with Crippen LogP contribution in [0, 0.1) is 13.8 Å². The Morgan fingerprint density at radius 3 is 2.62 bits per heavy atom. The molecule has 1 N–H and O–H groups in total. The number of halogens is 1. The van der Waals surface area contributed by atoms with Crippen LogP contribution < -0.4 is 14.8 Å². The molecule has 6 heteroatoms. The number of aryl methyl sites for hydroxylation is 1. The molecule has 0 bridgehead atoms. The van der Waals surface area contributed by atoms with Crippen LogP contribution in [0.25, 0.3) is 0 Å². The lowest BCUT2D eigenvalue weighted by Crippen LogP contribution is -2.58. The molecule has 4 rings (SSSR count). The number of carbonyl (C=O) groups excluding carboxylic acids is 2. The monoisotopic (exact) mass is 406 g/mol. The molecule has 2 aromatic carbocycles. The molecule has 5 nitrogen and oxygen atoms in total. The van der Waals surface area contributed by atoms with Crippen LogP contribution in [0.5, 0.6) is 0 Å². The molecule has 2 amide bonds. The number of nitrogens with zero attached hydrogens (tertiary/aromatic N) is 2. The number of anilines is 2. The topological polar surface area (TPSA) is 53.3 Å². The molecule has 29 heavy (non-hydrogen) atoms. The number of rotatable bonds is 3. The fraction of sp³-hybridized carbons (Fsp3) is 0.174. The van der Waals surface area contributed by atoms with Gasteiger partial charge in [0.05, 0.1) is 0 Å². The average Bonchev–Trinajstić information content (AvgIpc) is 2.71. The smallest absolute Gasteiger partial charge is 0.294 e. The fourth-order valence-corrected chi connectivity index (χ4v) is 3.85. The van der Waals surface area contributed by atoms with Gasteiger partial charge in [0.2, 0.25) is 18.3 Å². The predicted molar refractivity (Wildman–Crippen MR) is 113 cm³/mol. The first-order valence-electron chi connectivity index (χ1n) is 9.39. The molecule has 1 aliphatic rings. The van der Waals surface area contributed by atoms with E-state index in [1.165, 1.54) is 0 Å². The van der Waals surface area contributed by atoms with Crippen LogP contribution in [0.3, 0.4) is 0 Å². The number of carbonyl (C=O) groups is 2. The number of benzene rings is 2. The number of pyridine rings is 1. The normalized spacial score (nSPS) is 15.8. The highest BCUT2D eigenvalue weighted by atomic mass is 35.5. The molecule has 1 atom stereocenters. The lowest BCUT2D eigenvalue weighted by atomic mass is 10.0. The standard InChI is InChI=1S/C23H20ClN3O2/c1-15-8-3-4-10-18(15)25-23(29)22-20-11-5-6-13-26(20)14-21(28)27(22)19-12-7-9-17(24)16(19)2/h3-13,22H,14H2,1-2H3/p+1/t22-/m0/s1. The van der Waals surface area contributed by atoms with Crippen molar-refractivity contribution < 1.29 is 14.2 Å². The molecule has 0 fully saturated rings. The first kappa shape index (κ1) is 19.2. The van der Waals surface area contributed by atoms with Gasteiger partial charge in [0.25, 0.3) is 11.8 Å². The number of aromatic nitrogens is 1. The average molecular weight is 407 g/mol. The van der Waals surface area contributed by atoms with Gasteiger partial charge >= 0.3 is 0 Å². The highest BCUT2D eigenvalue weighted by molar-refractivity contribution is 6.31. The van der Waals surface area contributed by atoms with Crippen LogP contribution in [0.2, 0.25) is 5.02 Å². The zero-order valence-corrected chi connectivity index (χ0v) is 17.0. The molecule has 0 unspecified atom stereocenters. The molecule has 0 saturated heterocycles. The van der Waals surface area contributed by atoms with Gasteiger partial charge in [-0.2, -0.15) is 4.57 Å². The number of nitrogens with one attached hydrogen (secondary N) is 1. The summed E-state index contributed by atoms with van der Waals surface area (Å²) in [4.78, 5) is 28.2. The van der Waals surface area contributed by atoms with Crippen LogP contribution in [-0.4, -0.2) is 11.8 Å². The van der Waals surface area contributed by atoms with Crippen LogP contribution in [-0.2, 0) is 16.1 Å². The van der Waals surface area contributed by atoms with Gasteiger partial charge in [-0.1, -0.05) is 41.9 Å². The minimum atomic E-state index is -0.811. The predicted octanol–water partition coefficient (Wildman–Crippen LogP) is 3.97. The van der Waals surface area contributed by atoms with E-state index < -0.39 is 6.04 Å². The van der Waals surface area contributed by atoms with Crippen molar-refractivity contribution in [3.05, 3.63) is 88.7 Å². The second kappa shape index (κ2) is 7.68. The Bertz CT molecular complexity index is 1110. The summed E-state index contributed by atoms with van der Waals surface area (Å²) >= 11 is 6.32. The third kappa shape index (κ3) is 3.49. The number of hydrogen-bond acceptors (Lipinski definition) is 2. The van der Waals surface area contributed by atoms with E-state index >= 15 is 0 Å². The molecule has 1 aromatic heterocycles. The van der Waals surface area contributed by atoms with E-state index in [-0.39, 0.29) is 18.4 Å². The Hall–Kier alpha value is -3.18. The van der Waals surface area contributed by atoms with Crippen molar-refractivity contribution in [2.24, 2.45) is 0 Å². The van der Waals surface area contributed by atoms with Crippen LogP contribution in [0.4, 0.5) is 11.4 Å². The third-order valence-electron chi connectivity index (χ3n) is 5.24. The molecule has 0 radical (unpaired) electrons. The summed E-state index contributed by atoms with van der Waals surface area (Å²) in [5.74, 6) is -0.435. The number of para-hydroxylation sites is 1. The van der Waals surface area contributed by atoms with Crippen molar-refractivity contribution >= 4 is 34.8 Å². The Labute approximate surface area is 174 Å². The van der Waals surface area contributed by atoms with E-state index in [0.717, 1.165) is 22.5 Å². The van der Waals surface area contributed by atoms with Gasteiger partial charge in [0.15, 0.2) is 6.20 Å². The fourth-order valence-electron chi connectivity index (χ4n) is 3.68. The van der Waals surface area contributed by atoms with Crippen molar-refractivity contribution in [1.82, 2.24) is 0 Å². The van der Waals surface area contributed by atoms with Gasteiger partial charge in [-0.3, -0.25) is 14.5 Å². The van der Waals surface area contributed by atoms with Crippen molar-refractivity contribution in [1.29, 1.82) is 0 Å². The highest BCUT2D eigenvalue weighted by Gasteiger charge is 2.44. The maximum atomic E-state index is 13.5. The van der Waals surface area contributed by atoms with Crippen LogP contribution in [0.1, 0.15) is 22.9 Å². The summed E-state index contributed by atoms with van der Waals surface area (Å²) in [6.45, 7) is 3.95. The van der Waals surface area contributed by atoms with Gasteiger partial charge in [0.1, 0.15) is 0 Å². The Balaban J connectivity index is 1.83. The molecule has 2 heterocycles. The quantitative estimate of drug-likeness (QED) is 0.669. The first-order chi connectivity index (χ1) is 14.0. The van der Waals surface area contributed by atoms with E-state index in [2.05, 4.69) is 5.32 Å². The number of amides is 2. The van der Waals surface area contributed by atoms with Crippen molar-refractivity contribution in [2.75, 3.05) is 10.2 Å². The van der Waals surface area contributed by atoms with Crippen LogP contribution >= 0.6 is 11.6 Å². The molecule has 0 aliphatic carbocycles. The van der Waals surface area contributed by atoms with Crippen molar-refractivity contribution in [3.63, 3.8) is 0 Å². The van der Waals surface area contributed by atoms with E-state index in [1.807, 2.05) is 73.1 Å². The third-order valence-corrected chi connectivity index (χ3v) is 5.65. The molecule has 3 aromatic rings. The van der Waals surface area contributed by atoms with E-state index in [4.69, 9.17) is 11.6 Å². The molecule has 0 saturated carbocycles. The summed E-state index contributed by atoms with van der Waals surface area (Å²) in [6, 6.07) is 17.8. The largest absolute Gasteiger partial charge is 0.324 e. The van der Waals surface area contributed by atoms with Gasteiger partial charge < -0.3 is 5.32 Å². The van der Waals surface area contributed by atoms with Crippen molar-refractivity contribution in [2.45, 2.75) is 26.4 Å². The SMILES string of the molecule is Cc1ccccc1NC(=O)[C@@H]1c2cccc[n+]2CC(=O)N1c1cccc(Cl)c1C. The number of fused-ring (bicyclic) bond motifs is 1. The Kier molecular flexibility index (Phi) is 5.07. The first-order valence-corrected chi connectivity index (χ1v) is 9.77. The minimum absolute atomic E-state index is 0.163. The summed E-state index contributed by atoms with van der Waals surface area (Å²) in [7, 11) is 0. The maximum Gasteiger partial charge on any atom is 0.294 e. The number of hydrogen-bond donors (Lipinski definition) is 1. The highest BCUT2D eigenvalue weighted by Crippen LogP contribution is 2.34. The Morgan fingerprint density at radius 1 is 1.07 bits per heavy atom. The minimum Gasteiger partial charge on any atom is -0.324 e.